The van der Waals surface area contributed by atoms with E-state index in [0.29, 0.717) is 13.0 Å². The average Bonchev–Trinajstić information content (AvgIpc) is 3.19. The van der Waals surface area contributed by atoms with Gasteiger partial charge in [-0.2, -0.15) is 5.10 Å². The first-order valence-corrected chi connectivity index (χ1v) is 9.29. The van der Waals surface area contributed by atoms with Crippen molar-refractivity contribution in [2.75, 3.05) is 6.54 Å². The number of amides is 3. The highest BCUT2D eigenvalue weighted by Gasteiger charge is 2.36. The maximum atomic E-state index is 13.3. The van der Waals surface area contributed by atoms with Crippen LogP contribution in [0, 0.1) is 13.8 Å². The molecule has 2 atom stereocenters. The Bertz CT molecular complexity index is 830. The summed E-state index contributed by atoms with van der Waals surface area (Å²) in [5.74, 6) is -0.0946. The number of benzene rings is 1. The summed E-state index contributed by atoms with van der Waals surface area (Å²) in [6.07, 6.45) is 2.24. The van der Waals surface area contributed by atoms with E-state index in [4.69, 9.17) is 5.73 Å². The van der Waals surface area contributed by atoms with Gasteiger partial charge in [-0.15, -0.1) is 0 Å². The molecule has 3 rings (SSSR count). The lowest BCUT2D eigenvalue weighted by Gasteiger charge is -2.29. The van der Waals surface area contributed by atoms with Gasteiger partial charge in [-0.25, -0.2) is 4.79 Å². The molecule has 7 nitrogen and oxygen atoms in total. The van der Waals surface area contributed by atoms with Gasteiger partial charge in [-0.3, -0.25) is 9.48 Å². The van der Waals surface area contributed by atoms with Gasteiger partial charge in [-0.05, 0) is 32.3 Å². The van der Waals surface area contributed by atoms with Gasteiger partial charge in [0.05, 0.1) is 11.7 Å². The number of nitrogens with zero attached hydrogens (tertiary/aromatic N) is 3. The summed E-state index contributed by atoms with van der Waals surface area (Å²) >= 11 is 0. The van der Waals surface area contributed by atoms with Crippen molar-refractivity contribution in [3.63, 3.8) is 0 Å². The van der Waals surface area contributed by atoms with Crippen molar-refractivity contribution in [2.24, 2.45) is 12.8 Å². The number of rotatable bonds is 5. The van der Waals surface area contributed by atoms with Crippen LogP contribution in [0.25, 0.3) is 0 Å². The molecule has 3 amide bonds. The standard InChI is InChI=1S/C20H27N5O2/c1-13-18(14(2)24(3)23-13)17-10-7-11-25(17)19(26)16(22-20(21)27)12-15-8-5-4-6-9-15/h4-6,8-9,16-17H,7,10-12H2,1-3H3,(H3,21,22,27). The van der Waals surface area contributed by atoms with E-state index in [1.165, 1.54) is 0 Å². The lowest BCUT2D eigenvalue weighted by Crippen LogP contribution is -2.51. The topological polar surface area (TPSA) is 93.2 Å². The number of primary amides is 1. The molecule has 0 saturated carbocycles. The van der Waals surface area contributed by atoms with Crippen LogP contribution in [0.5, 0.6) is 0 Å². The molecule has 1 saturated heterocycles. The van der Waals surface area contributed by atoms with Gasteiger partial charge in [0.25, 0.3) is 0 Å². The maximum absolute atomic E-state index is 13.3. The second-order valence-corrected chi connectivity index (χ2v) is 7.15. The molecule has 0 aliphatic carbocycles. The Balaban J connectivity index is 1.86. The van der Waals surface area contributed by atoms with Gasteiger partial charge in [0.2, 0.25) is 5.91 Å². The first kappa shape index (κ1) is 18.9. The van der Waals surface area contributed by atoms with E-state index in [1.807, 2.05) is 60.8 Å². The van der Waals surface area contributed by atoms with Crippen LogP contribution in [0.2, 0.25) is 0 Å². The first-order chi connectivity index (χ1) is 12.9. The molecule has 1 fully saturated rings. The molecule has 3 N–H and O–H groups in total. The van der Waals surface area contributed by atoms with Gasteiger partial charge >= 0.3 is 6.03 Å². The molecular weight excluding hydrogens is 342 g/mol. The average molecular weight is 369 g/mol. The minimum absolute atomic E-state index is 0.0147. The highest BCUT2D eigenvalue weighted by Crippen LogP contribution is 2.35. The molecule has 1 aliphatic rings. The third kappa shape index (κ3) is 3.97. The monoisotopic (exact) mass is 369 g/mol. The van der Waals surface area contributed by atoms with E-state index in [1.54, 1.807) is 0 Å². The van der Waals surface area contributed by atoms with Gasteiger partial charge < -0.3 is 16.0 Å². The summed E-state index contributed by atoms with van der Waals surface area (Å²) in [7, 11) is 1.92. The molecule has 0 spiro atoms. The van der Waals surface area contributed by atoms with Crippen molar-refractivity contribution in [1.82, 2.24) is 20.0 Å². The molecule has 1 aromatic carbocycles. The third-order valence-corrected chi connectivity index (χ3v) is 5.33. The number of aryl methyl sites for hydroxylation is 2. The molecule has 27 heavy (non-hydrogen) atoms. The minimum atomic E-state index is -0.686. The van der Waals surface area contributed by atoms with E-state index in [0.717, 1.165) is 35.4 Å². The second kappa shape index (κ2) is 7.82. The van der Waals surface area contributed by atoms with Crippen LogP contribution < -0.4 is 11.1 Å². The predicted octanol–water partition coefficient (Wildman–Crippen LogP) is 1.98. The largest absolute Gasteiger partial charge is 0.352 e. The zero-order valence-electron chi connectivity index (χ0n) is 16.1. The normalized spacial score (nSPS) is 17.7. The Kier molecular flexibility index (Phi) is 5.48. The van der Waals surface area contributed by atoms with Crippen molar-refractivity contribution in [1.29, 1.82) is 0 Å². The first-order valence-electron chi connectivity index (χ1n) is 9.29. The summed E-state index contributed by atoms with van der Waals surface area (Å²) in [6, 6.07) is 8.27. The Morgan fingerprint density at radius 1 is 1.30 bits per heavy atom. The van der Waals surface area contributed by atoms with Crippen LogP contribution in [-0.2, 0) is 18.3 Å². The number of likely N-dealkylation sites (tertiary alicyclic amines) is 1. The van der Waals surface area contributed by atoms with E-state index in [-0.39, 0.29) is 11.9 Å². The van der Waals surface area contributed by atoms with E-state index in [9.17, 15) is 9.59 Å². The lowest BCUT2D eigenvalue weighted by atomic mass is 10.0. The number of hydrogen-bond donors (Lipinski definition) is 2. The minimum Gasteiger partial charge on any atom is -0.352 e. The summed E-state index contributed by atoms with van der Waals surface area (Å²) in [6.45, 7) is 4.68. The van der Waals surface area contributed by atoms with Crippen molar-refractivity contribution in [3.05, 3.63) is 52.8 Å². The molecule has 0 radical (unpaired) electrons. The van der Waals surface area contributed by atoms with Crippen LogP contribution in [-0.4, -0.2) is 39.2 Å². The van der Waals surface area contributed by atoms with Gasteiger partial charge in [0.1, 0.15) is 6.04 Å². The summed E-state index contributed by atoms with van der Waals surface area (Å²) in [5.41, 5.74) is 9.45. The number of nitrogens with two attached hydrogens (primary N) is 1. The molecule has 2 heterocycles. The predicted molar refractivity (Wildman–Crippen MR) is 103 cm³/mol. The lowest BCUT2D eigenvalue weighted by molar-refractivity contribution is -0.134. The highest BCUT2D eigenvalue weighted by atomic mass is 16.2. The molecule has 144 valence electrons. The van der Waals surface area contributed by atoms with Crippen molar-refractivity contribution in [3.8, 4) is 0 Å². The summed E-state index contributed by atoms with van der Waals surface area (Å²) in [4.78, 5) is 26.7. The second-order valence-electron chi connectivity index (χ2n) is 7.15. The van der Waals surface area contributed by atoms with Gasteiger partial charge in [0.15, 0.2) is 0 Å². The van der Waals surface area contributed by atoms with Crippen molar-refractivity contribution >= 4 is 11.9 Å². The molecular formula is C20H27N5O2. The third-order valence-electron chi connectivity index (χ3n) is 5.33. The van der Waals surface area contributed by atoms with Crippen molar-refractivity contribution < 1.29 is 9.59 Å². The molecule has 0 bridgehead atoms. The van der Waals surface area contributed by atoms with Crippen LogP contribution in [0.4, 0.5) is 4.79 Å². The Morgan fingerprint density at radius 2 is 2.00 bits per heavy atom. The van der Waals surface area contributed by atoms with Crippen LogP contribution in [0.3, 0.4) is 0 Å². The van der Waals surface area contributed by atoms with Crippen LogP contribution in [0.1, 0.15) is 41.4 Å². The fraction of sp³-hybridized carbons (Fsp3) is 0.450. The fourth-order valence-corrected chi connectivity index (χ4v) is 4.02. The number of carbonyl (C=O) groups is 2. The van der Waals surface area contributed by atoms with Gasteiger partial charge in [0, 0.05) is 31.3 Å². The number of hydrogen-bond acceptors (Lipinski definition) is 3. The fourth-order valence-electron chi connectivity index (χ4n) is 4.02. The number of nitrogens with one attached hydrogen (secondary N) is 1. The van der Waals surface area contributed by atoms with E-state index in [2.05, 4.69) is 10.4 Å². The zero-order valence-corrected chi connectivity index (χ0v) is 16.1. The van der Waals surface area contributed by atoms with E-state index < -0.39 is 12.1 Å². The molecule has 2 aromatic rings. The molecule has 2 unspecified atom stereocenters. The number of urea groups is 1. The summed E-state index contributed by atoms with van der Waals surface area (Å²) in [5, 5.41) is 7.14. The Morgan fingerprint density at radius 3 is 2.59 bits per heavy atom. The summed E-state index contributed by atoms with van der Waals surface area (Å²) < 4.78 is 1.86. The number of aromatic nitrogens is 2. The quantitative estimate of drug-likeness (QED) is 0.844. The molecule has 7 heteroatoms. The van der Waals surface area contributed by atoms with Crippen molar-refractivity contribution in [2.45, 2.75) is 45.2 Å². The molecule has 1 aliphatic heterocycles. The Hall–Kier alpha value is -2.83. The van der Waals surface area contributed by atoms with Gasteiger partial charge in [-0.1, -0.05) is 30.3 Å². The smallest absolute Gasteiger partial charge is 0.312 e. The highest BCUT2D eigenvalue weighted by molar-refractivity contribution is 5.87. The zero-order chi connectivity index (χ0) is 19.6. The van der Waals surface area contributed by atoms with Crippen LogP contribution >= 0.6 is 0 Å². The number of carbonyl (C=O) groups excluding carboxylic acids is 2. The molecule has 1 aromatic heterocycles. The van der Waals surface area contributed by atoms with Crippen LogP contribution in [0.15, 0.2) is 30.3 Å². The maximum Gasteiger partial charge on any atom is 0.312 e. The SMILES string of the molecule is Cc1nn(C)c(C)c1C1CCCN1C(=O)C(Cc1ccccc1)NC(N)=O. The Labute approximate surface area is 159 Å². The van der Waals surface area contributed by atoms with E-state index >= 15 is 0 Å².